The van der Waals surface area contributed by atoms with Crippen molar-refractivity contribution in [3.63, 3.8) is 0 Å². The summed E-state index contributed by atoms with van der Waals surface area (Å²) in [6.07, 6.45) is 9.69. The molecule has 2 aliphatic rings. The quantitative estimate of drug-likeness (QED) is 0.429. The first-order valence-corrected chi connectivity index (χ1v) is 4.43. The predicted octanol–water partition coefficient (Wildman–Crippen LogP) is 1.43. The van der Waals surface area contributed by atoms with E-state index in [4.69, 9.17) is 0 Å². The molecule has 0 aromatic rings. The predicted molar refractivity (Wildman–Crippen MR) is 54.4 cm³/mol. The average Bonchev–Trinajstić information content (AvgIpc) is 2.78. The van der Waals surface area contributed by atoms with E-state index in [2.05, 4.69) is 30.9 Å². The molecule has 0 radical (unpaired) electrons. The summed E-state index contributed by atoms with van der Waals surface area (Å²) >= 11 is 0. The Balaban J connectivity index is 0.000000165. The van der Waals surface area contributed by atoms with Gasteiger partial charge in [-0.05, 0) is 6.42 Å². The number of carbonyl (C=O) groups is 2. The first-order chi connectivity index (χ1) is 6.63. The molecule has 3 heteroatoms. The lowest BCUT2D eigenvalue weighted by Gasteiger charge is -2.01. The molecule has 2 amide bonds. The van der Waals surface area contributed by atoms with E-state index in [9.17, 15) is 9.59 Å². The minimum Gasteiger partial charge on any atom is -0.282 e. The van der Waals surface area contributed by atoms with Crippen molar-refractivity contribution < 1.29 is 9.59 Å². The van der Waals surface area contributed by atoms with Gasteiger partial charge in [0.2, 0.25) is 5.91 Å². The summed E-state index contributed by atoms with van der Waals surface area (Å²) in [6, 6.07) is 0. The van der Waals surface area contributed by atoms with Gasteiger partial charge in [0.05, 0.1) is 6.42 Å². The van der Waals surface area contributed by atoms with Gasteiger partial charge in [0, 0.05) is 12.6 Å². The van der Waals surface area contributed by atoms with Crippen LogP contribution in [0.4, 0.5) is 0 Å². The van der Waals surface area contributed by atoms with Crippen LogP contribution in [0.5, 0.6) is 0 Å². The second-order valence-corrected chi connectivity index (χ2v) is 3.13. The van der Waals surface area contributed by atoms with Crippen molar-refractivity contribution in [2.45, 2.75) is 12.8 Å². The van der Waals surface area contributed by atoms with Gasteiger partial charge in [-0.25, -0.2) is 0 Å². The van der Waals surface area contributed by atoms with Crippen LogP contribution in [-0.2, 0) is 9.59 Å². The van der Waals surface area contributed by atoms with E-state index in [0.717, 1.165) is 11.3 Å². The lowest BCUT2D eigenvalue weighted by Crippen LogP contribution is -2.23. The van der Waals surface area contributed by atoms with Crippen LogP contribution in [0.2, 0.25) is 0 Å². The molecule has 1 saturated heterocycles. The molecule has 14 heavy (non-hydrogen) atoms. The summed E-state index contributed by atoms with van der Waals surface area (Å²) in [5.74, 6) is -0.412. The Morgan fingerprint density at radius 2 is 1.86 bits per heavy atom. The number of carbonyl (C=O) groups excluding carboxylic acids is 2. The normalized spacial score (nSPS) is 18.9. The van der Waals surface area contributed by atoms with E-state index >= 15 is 0 Å². The summed E-state index contributed by atoms with van der Waals surface area (Å²) in [7, 11) is 1.46. The number of hydrogen-bond acceptors (Lipinski definition) is 2. The van der Waals surface area contributed by atoms with Gasteiger partial charge in [0.25, 0.3) is 5.91 Å². The van der Waals surface area contributed by atoms with Crippen molar-refractivity contribution >= 4 is 11.8 Å². The lowest BCUT2D eigenvalue weighted by molar-refractivity contribution is -0.135. The summed E-state index contributed by atoms with van der Waals surface area (Å²) in [4.78, 5) is 22.4. The van der Waals surface area contributed by atoms with Gasteiger partial charge in [0.1, 0.15) is 0 Å². The largest absolute Gasteiger partial charge is 0.282 e. The number of rotatable bonds is 0. The van der Waals surface area contributed by atoms with E-state index < -0.39 is 0 Å². The summed E-state index contributed by atoms with van der Waals surface area (Å²) in [5.41, 5.74) is 0.391. The summed E-state index contributed by atoms with van der Waals surface area (Å²) in [5, 5.41) is 0. The Morgan fingerprint density at radius 1 is 1.29 bits per heavy atom. The molecule has 0 unspecified atom stereocenters. The molecule has 0 spiro atoms. The molecule has 0 saturated carbocycles. The SMILES string of the molecule is C1=CCC=C1.C=C1CC(=O)N(C)C1=O. The van der Waals surface area contributed by atoms with Crippen molar-refractivity contribution in [3.05, 3.63) is 36.5 Å². The molecule has 0 atom stereocenters. The topological polar surface area (TPSA) is 37.4 Å². The van der Waals surface area contributed by atoms with Crippen LogP contribution in [0.1, 0.15) is 12.8 Å². The van der Waals surface area contributed by atoms with E-state index in [-0.39, 0.29) is 18.2 Å². The Hall–Kier alpha value is -1.64. The van der Waals surface area contributed by atoms with Crippen LogP contribution >= 0.6 is 0 Å². The number of imide groups is 1. The number of likely N-dealkylation sites (tertiary alicyclic amines) is 1. The van der Waals surface area contributed by atoms with E-state index in [1.54, 1.807) is 0 Å². The molecule has 2 rings (SSSR count). The van der Waals surface area contributed by atoms with Gasteiger partial charge in [-0.2, -0.15) is 0 Å². The zero-order valence-electron chi connectivity index (χ0n) is 8.19. The first-order valence-electron chi connectivity index (χ1n) is 4.43. The van der Waals surface area contributed by atoms with E-state index in [1.807, 2.05) is 0 Å². The third-order valence-electron chi connectivity index (χ3n) is 2.00. The number of allylic oxidation sites excluding steroid dienone is 4. The molecule has 74 valence electrons. The second kappa shape index (κ2) is 4.56. The molecule has 0 bridgehead atoms. The monoisotopic (exact) mass is 191 g/mol. The third-order valence-corrected chi connectivity index (χ3v) is 2.00. The maximum atomic E-state index is 10.7. The van der Waals surface area contributed by atoms with Gasteiger partial charge in [0.15, 0.2) is 0 Å². The van der Waals surface area contributed by atoms with Crippen molar-refractivity contribution in [3.8, 4) is 0 Å². The lowest BCUT2D eigenvalue weighted by atomic mass is 10.3. The molecule has 1 aliphatic carbocycles. The zero-order chi connectivity index (χ0) is 10.6. The van der Waals surface area contributed by atoms with Gasteiger partial charge >= 0.3 is 0 Å². The fourth-order valence-corrected chi connectivity index (χ4v) is 1.12. The van der Waals surface area contributed by atoms with Gasteiger partial charge < -0.3 is 0 Å². The number of likely N-dealkylation sites (N-methyl/N-ethyl adjacent to an activating group) is 1. The fraction of sp³-hybridized carbons (Fsp3) is 0.273. The Bertz CT molecular complexity index is 316. The minimum absolute atomic E-state index is 0.162. The van der Waals surface area contributed by atoms with Gasteiger partial charge in [-0.15, -0.1) is 0 Å². The van der Waals surface area contributed by atoms with Crippen molar-refractivity contribution in [1.29, 1.82) is 0 Å². The molecule has 3 nitrogen and oxygen atoms in total. The van der Waals surface area contributed by atoms with Crippen LogP contribution in [0, 0.1) is 0 Å². The Morgan fingerprint density at radius 3 is 2.00 bits per heavy atom. The Kier molecular flexibility index (Phi) is 3.40. The minimum atomic E-state index is -0.250. The van der Waals surface area contributed by atoms with E-state index in [1.165, 1.54) is 7.05 Å². The molecule has 1 fully saturated rings. The van der Waals surface area contributed by atoms with Gasteiger partial charge in [-0.3, -0.25) is 14.5 Å². The molecule has 0 N–H and O–H groups in total. The summed E-state index contributed by atoms with van der Waals surface area (Å²) < 4.78 is 0. The molecular weight excluding hydrogens is 178 g/mol. The van der Waals surface area contributed by atoms with Gasteiger partial charge in [-0.1, -0.05) is 30.9 Å². The highest BCUT2D eigenvalue weighted by Gasteiger charge is 2.28. The molecule has 1 heterocycles. The maximum Gasteiger partial charge on any atom is 0.256 e. The molecule has 0 aromatic heterocycles. The van der Waals surface area contributed by atoms with Crippen LogP contribution < -0.4 is 0 Å². The van der Waals surface area contributed by atoms with Crippen molar-refractivity contribution in [2.75, 3.05) is 7.05 Å². The number of amides is 2. The highest BCUT2D eigenvalue weighted by atomic mass is 16.2. The number of hydrogen-bond donors (Lipinski definition) is 0. The maximum absolute atomic E-state index is 10.7. The van der Waals surface area contributed by atoms with Crippen LogP contribution in [0.15, 0.2) is 36.5 Å². The van der Waals surface area contributed by atoms with Crippen LogP contribution in [0.3, 0.4) is 0 Å². The van der Waals surface area contributed by atoms with Crippen molar-refractivity contribution in [2.24, 2.45) is 0 Å². The summed E-state index contributed by atoms with van der Waals surface area (Å²) in [6.45, 7) is 3.42. The van der Waals surface area contributed by atoms with E-state index in [0.29, 0.717) is 5.57 Å². The molecule has 0 aromatic carbocycles. The second-order valence-electron chi connectivity index (χ2n) is 3.13. The van der Waals surface area contributed by atoms with Crippen LogP contribution in [0.25, 0.3) is 0 Å². The zero-order valence-corrected chi connectivity index (χ0v) is 8.19. The molecular formula is C11H13NO2. The smallest absolute Gasteiger partial charge is 0.256 e. The number of nitrogens with zero attached hydrogens (tertiary/aromatic N) is 1. The fourth-order valence-electron chi connectivity index (χ4n) is 1.12. The standard InChI is InChI=1S/C6H7NO2.C5H6/c1-4-3-5(8)7(2)6(4)9;1-2-4-5-3-1/h1,3H2,2H3;1-4H,5H2. The highest BCUT2D eigenvalue weighted by Crippen LogP contribution is 2.13. The van der Waals surface area contributed by atoms with Crippen LogP contribution in [-0.4, -0.2) is 23.8 Å². The molecule has 1 aliphatic heterocycles. The Labute approximate surface area is 83.4 Å². The first kappa shape index (κ1) is 10.4. The third kappa shape index (κ3) is 2.42. The average molecular weight is 191 g/mol. The van der Waals surface area contributed by atoms with Crippen molar-refractivity contribution in [1.82, 2.24) is 4.90 Å². The highest BCUT2D eigenvalue weighted by molar-refractivity contribution is 6.12.